The Hall–Kier alpha value is -0.610. The van der Waals surface area contributed by atoms with Crippen molar-refractivity contribution in [1.82, 2.24) is 10.4 Å². The number of nitrogens with zero attached hydrogens (tertiary/aromatic N) is 1. The summed E-state index contributed by atoms with van der Waals surface area (Å²) in [5.41, 5.74) is 0. The van der Waals surface area contributed by atoms with Gasteiger partial charge < -0.3 is 10.2 Å². The van der Waals surface area contributed by atoms with E-state index < -0.39 is 0 Å². The quantitative estimate of drug-likeness (QED) is 0.588. The number of rotatable bonds is 1. The Morgan fingerprint density at radius 2 is 2.36 bits per heavy atom. The molecule has 1 rings (SSSR count). The molecule has 0 aliphatic carbocycles. The molecular formula is C7H14N2O2. The Kier molecular flexibility index (Phi) is 3.32. The number of nitrogens with one attached hydrogen (secondary N) is 1. The van der Waals surface area contributed by atoms with Crippen LogP contribution in [0.4, 0.5) is 0 Å². The van der Waals surface area contributed by atoms with Crippen molar-refractivity contribution in [2.45, 2.75) is 19.8 Å². The lowest BCUT2D eigenvalue weighted by Crippen LogP contribution is -2.33. The summed E-state index contributed by atoms with van der Waals surface area (Å²) in [7, 11) is 0. The van der Waals surface area contributed by atoms with Crippen molar-refractivity contribution in [2.24, 2.45) is 0 Å². The molecule has 1 aliphatic rings. The molecule has 0 saturated carbocycles. The van der Waals surface area contributed by atoms with Crippen LogP contribution >= 0.6 is 0 Å². The second-order valence-corrected chi connectivity index (χ2v) is 2.65. The molecule has 1 heterocycles. The fraction of sp³-hybridized carbons (Fsp3) is 0.857. The van der Waals surface area contributed by atoms with Crippen LogP contribution in [-0.2, 0) is 9.63 Å². The van der Waals surface area contributed by atoms with Gasteiger partial charge in [-0.2, -0.15) is 0 Å². The standard InChI is InChI=1S/C7H14N2O2/c1-7(10)11-9-5-3-2-4-8-6-9/h8H,2-6H2,1H3. The molecule has 0 bridgehead atoms. The molecule has 11 heavy (non-hydrogen) atoms. The van der Waals surface area contributed by atoms with Crippen molar-refractivity contribution < 1.29 is 9.63 Å². The number of hydroxylamine groups is 2. The van der Waals surface area contributed by atoms with Gasteiger partial charge in [0.05, 0.1) is 6.67 Å². The van der Waals surface area contributed by atoms with Gasteiger partial charge in [-0.3, -0.25) is 4.79 Å². The summed E-state index contributed by atoms with van der Waals surface area (Å²) in [5, 5.41) is 4.81. The van der Waals surface area contributed by atoms with E-state index in [9.17, 15) is 4.79 Å². The van der Waals surface area contributed by atoms with E-state index in [0.717, 1.165) is 25.9 Å². The van der Waals surface area contributed by atoms with Crippen LogP contribution in [-0.4, -0.2) is 30.8 Å². The van der Waals surface area contributed by atoms with Gasteiger partial charge in [0.15, 0.2) is 0 Å². The highest BCUT2D eigenvalue weighted by atomic mass is 16.7. The molecule has 0 amide bonds. The molecule has 1 fully saturated rings. The zero-order valence-electron chi connectivity index (χ0n) is 6.80. The molecule has 1 saturated heterocycles. The van der Waals surface area contributed by atoms with Crippen molar-refractivity contribution in [2.75, 3.05) is 19.8 Å². The lowest BCUT2D eigenvalue weighted by atomic mass is 10.3. The van der Waals surface area contributed by atoms with E-state index in [0.29, 0.717) is 6.67 Å². The lowest BCUT2D eigenvalue weighted by Gasteiger charge is -2.17. The molecule has 0 spiro atoms. The minimum atomic E-state index is -0.242. The second kappa shape index (κ2) is 4.31. The van der Waals surface area contributed by atoms with E-state index in [4.69, 9.17) is 4.84 Å². The van der Waals surface area contributed by atoms with Crippen molar-refractivity contribution in [3.63, 3.8) is 0 Å². The normalized spacial score (nSPS) is 20.8. The SMILES string of the molecule is CC(=O)ON1CCCCNC1. The van der Waals surface area contributed by atoms with E-state index >= 15 is 0 Å². The Morgan fingerprint density at radius 1 is 1.55 bits per heavy atom. The molecule has 0 aromatic heterocycles. The molecule has 0 radical (unpaired) electrons. The summed E-state index contributed by atoms with van der Waals surface area (Å²) in [5.74, 6) is -0.242. The Morgan fingerprint density at radius 3 is 3.09 bits per heavy atom. The van der Waals surface area contributed by atoms with Crippen LogP contribution in [0.25, 0.3) is 0 Å². The molecule has 0 aromatic carbocycles. The molecule has 1 aliphatic heterocycles. The summed E-state index contributed by atoms with van der Waals surface area (Å²) in [6, 6.07) is 0. The fourth-order valence-corrected chi connectivity index (χ4v) is 1.08. The van der Waals surface area contributed by atoms with Crippen LogP contribution in [0.5, 0.6) is 0 Å². The Balaban J connectivity index is 2.25. The van der Waals surface area contributed by atoms with Gasteiger partial charge in [-0.1, -0.05) is 0 Å². The van der Waals surface area contributed by atoms with Crippen LogP contribution in [0.2, 0.25) is 0 Å². The molecular weight excluding hydrogens is 144 g/mol. The molecule has 64 valence electrons. The van der Waals surface area contributed by atoms with Gasteiger partial charge in [0, 0.05) is 13.5 Å². The maximum Gasteiger partial charge on any atom is 0.322 e. The summed E-state index contributed by atoms with van der Waals surface area (Å²) >= 11 is 0. The maximum absolute atomic E-state index is 10.5. The van der Waals surface area contributed by atoms with Crippen LogP contribution in [0.3, 0.4) is 0 Å². The third-order valence-electron chi connectivity index (χ3n) is 1.56. The number of carbonyl (C=O) groups excluding carboxylic acids is 1. The molecule has 0 atom stereocenters. The van der Waals surface area contributed by atoms with Crippen LogP contribution in [0.1, 0.15) is 19.8 Å². The number of hydrogen-bond donors (Lipinski definition) is 1. The van der Waals surface area contributed by atoms with Crippen LogP contribution in [0.15, 0.2) is 0 Å². The van der Waals surface area contributed by atoms with E-state index in [1.165, 1.54) is 6.92 Å². The van der Waals surface area contributed by atoms with Crippen molar-refractivity contribution in [3.05, 3.63) is 0 Å². The van der Waals surface area contributed by atoms with Gasteiger partial charge >= 0.3 is 5.97 Å². The highest BCUT2D eigenvalue weighted by Gasteiger charge is 2.09. The van der Waals surface area contributed by atoms with Crippen LogP contribution in [0, 0.1) is 0 Å². The summed E-state index contributed by atoms with van der Waals surface area (Å²) < 4.78 is 0. The van der Waals surface area contributed by atoms with Gasteiger partial charge in [-0.25, -0.2) is 0 Å². The number of hydrogen-bond acceptors (Lipinski definition) is 4. The summed E-state index contributed by atoms with van der Waals surface area (Å²) in [4.78, 5) is 15.4. The lowest BCUT2D eigenvalue weighted by molar-refractivity contribution is -0.188. The highest BCUT2D eigenvalue weighted by molar-refractivity contribution is 5.65. The minimum absolute atomic E-state index is 0.242. The van der Waals surface area contributed by atoms with Crippen molar-refractivity contribution >= 4 is 5.97 Å². The van der Waals surface area contributed by atoms with E-state index in [1.807, 2.05) is 0 Å². The smallest absolute Gasteiger partial charge is 0.322 e. The molecule has 1 N–H and O–H groups in total. The molecule has 0 unspecified atom stereocenters. The first-order chi connectivity index (χ1) is 5.29. The summed E-state index contributed by atoms with van der Waals surface area (Å²) in [6.07, 6.45) is 2.23. The largest absolute Gasteiger partial charge is 0.367 e. The fourth-order valence-electron chi connectivity index (χ4n) is 1.08. The average Bonchev–Trinajstić information content (AvgIpc) is 2.14. The van der Waals surface area contributed by atoms with Crippen molar-refractivity contribution in [1.29, 1.82) is 0 Å². The van der Waals surface area contributed by atoms with Gasteiger partial charge in [0.25, 0.3) is 0 Å². The van der Waals surface area contributed by atoms with Gasteiger partial charge in [-0.05, 0) is 19.4 Å². The predicted molar refractivity (Wildman–Crippen MR) is 40.6 cm³/mol. The van der Waals surface area contributed by atoms with Gasteiger partial charge in [0.2, 0.25) is 0 Å². The second-order valence-electron chi connectivity index (χ2n) is 2.65. The Bertz CT molecular complexity index is 130. The first-order valence-electron chi connectivity index (χ1n) is 3.93. The third-order valence-corrected chi connectivity index (χ3v) is 1.56. The zero-order chi connectivity index (χ0) is 8.10. The van der Waals surface area contributed by atoms with E-state index in [1.54, 1.807) is 5.06 Å². The Labute approximate surface area is 66.5 Å². The minimum Gasteiger partial charge on any atom is -0.367 e. The average molecular weight is 158 g/mol. The first kappa shape index (κ1) is 8.49. The highest BCUT2D eigenvalue weighted by Crippen LogP contribution is 1.99. The maximum atomic E-state index is 10.5. The monoisotopic (exact) mass is 158 g/mol. The van der Waals surface area contributed by atoms with Crippen LogP contribution < -0.4 is 5.32 Å². The molecule has 0 aromatic rings. The predicted octanol–water partition coefficient (Wildman–Crippen LogP) is 0.107. The molecule has 4 heteroatoms. The van der Waals surface area contributed by atoms with E-state index in [2.05, 4.69) is 5.32 Å². The summed E-state index contributed by atoms with van der Waals surface area (Å²) in [6.45, 7) is 3.93. The van der Waals surface area contributed by atoms with Crippen molar-refractivity contribution in [3.8, 4) is 0 Å². The third kappa shape index (κ3) is 3.34. The first-order valence-corrected chi connectivity index (χ1v) is 3.93. The van der Waals surface area contributed by atoms with E-state index in [-0.39, 0.29) is 5.97 Å². The number of carbonyl (C=O) groups is 1. The van der Waals surface area contributed by atoms with Gasteiger partial charge in [-0.15, -0.1) is 5.06 Å². The molecule has 4 nitrogen and oxygen atoms in total. The zero-order valence-corrected chi connectivity index (χ0v) is 6.80. The van der Waals surface area contributed by atoms with Gasteiger partial charge in [0.1, 0.15) is 0 Å². The topological polar surface area (TPSA) is 41.6 Å².